The Bertz CT molecular complexity index is 1270. The monoisotopic (exact) mass is 438 g/mol. The number of nitrogens with one attached hydrogen (secondary N) is 1. The number of fused-ring (bicyclic) bond motifs is 2. The Morgan fingerprint density at radius 2 is 1.88 bits per heavy atom. The van der Waals surface area contributed by atoms with Crippen LogP contribution in [0.2, 0.25) is 0 Å². The molecule has 1 N–H and O–H groups in total. The number of benzene rings is 1. The van der Waals surface area contributed by atoms with E-state index in [4.69, 9.17) is 0 Å². The molecule has 0 spiro atoms. The standard InChI is InChI=1S/C23H21F3N6/c1-14(15-3-2-4-16(22(15)24)23(25)26)30-18-5-6-27-19-12-29-20(11-17(18)19)32-10-9-31-8-7-28-21(31)13-32/h2-8,11-12,14,23H,9-10,13H2,1H3,(H,27,30)/t14-/m1/s1. The second kappa shape index (κ2) is 8.14. The summed E-state index contributed by atoms with van der Waals surface area (Å²) in [5.74, 6) is 0.888. The fraction of sp³-hybridized carbons (Fsp3) is 0.261. The van der Waals surface area contributed by atoms with Crippen molar-refractivity contribution in [2.45, 2.75) is 32.5 Å². The van der Waals surface area contributed by atoms with E-state index in [1.165, 1.54) is 12.1 Å². The van der Waals surface area contributed by atoms with Crippen LogP contribution in [0, 0.1) is 5.82 Å². The molecule has 4 aromatic rings. The zero-order chi connectivity index (χ0) is 22.2. The van der Waals surface area contributed by atoms with Gasteiger partial charge in [0, 0.05) is 48.3 Å². The fourth-order valence-corrected chi connectivity index (χ4v) is 4.09. The van der Waals surface area contributed by atoms with E-state index in [-0.39, 0.29) is 5.56 Å². The summed E-state index contributed by atoms with van der Waals surface area (Å²) >= 11 is 0. The van der Waals surface area contributed by atoms with Crippen molar-refractivity contribution in [3.63, 3.8) is 0 Å². The van der Waals surface area contributed by atoms with Crippen LogP contribution in [0.25, 0.3) is 10.9 Å². The summed E-state index contributed by atoms with van der Waals surface area (Å²) in [5, 5.41) is 4.09. The predicted octanol–water partition coefficient (Wildman–Crippen LogP) is 5.10. The lowest BCUT2D eigenvalue weighted by atomic mass is 10.0. The van der Waals surface area contributed by atoms with Gasteiger partial charge in [-0.1, -0.05) is 18.2 Å². The molecule has 0 aliphatic carbocycles. The van der Waals surface area contributed by atoms with Gasteiger partial charge in [0.2, 0.25) is 0 Å². The first-order chi connectivity index (χ1) is 15.5. The minimum atomic E-state index is -2.86. The average molecular weight is 438 g/mol. The lowest BCUT2D eigenvalue weighted by Crippen LogP contribution is -2.34. The molecule has 1 aliphatic rings. The van der Waals surface area contributed by atoms with Gasteiger partial charge in [-0.25, -0.2) is 23.1 Å². The molecule has 9 heteroatoms. The largest absolute Gasteiger partial charge is 0.378 e. The number of halogens is 3. The predicted molar refractivity (Wildman–Crippen MR) is 116 cm³/mol. The Morgan fingerprint density at radius 3 is 2.72 bits per heavy atom. The first-order valence-electron chi connectivity index (χ1n) is 10.3. The van der Waals surface area contributed by atoms with Gasteiger partial charge in [-0.05, 0) is 19.1 Å². The zero-order valence-electron chi connectivity index (χ0n) is 17.3. The minimum absolute atomic E-state index is 0.185. The summed E-state index contributed by atoms with van der Waals surface area (Å²) in [6, 6.07) is 7.29. The van der Waals surface area contributed by atoms with Crippen LogP contribution in [-0.4, -0.2) is 26.1 Å². The van der Waals surface area contributed by atoms with Crippen LogP contribution in [0.5, 0.6) is 0 Å². The van der Waals surface area contributed by atoms with Crippen molar-refractivity contribution < 1.29 is 13.2 Å². The van der Waals surface area contributed by atoms with E-state index < -0.39 is 23.8 Å². The average Bonchev–Trinajstić information content (AvgIpc) is 3.27. The van der Waals surface area contributed by atoms with Gasteiger partial charge >= 0.3 is 0 Å². The molecule has 0 bridgehead atoms. The topological polar surface area (TPSA) is 58.9 Å². The van der Waals surface area contributed by atoms with Crippen molar-refractivity contribution in [2.24, 2.45) is 0 Å². The molecule has 0 amide bonds. The third-order valence-corrected chi connectivity index (χ3v) is 5.81. The molecular formula is C23H21F3N6. The third kappa shape index (κ3) is 3.63. The van der Waals surface area contributed by atoms with Gasteiger partial charge in [0.1, 0.15) is 17.5 Å². The van der Waals surface area contributed by atoms with Gasteiger partial charge in [-0.3, -0.25) is 4.98 Å². The smallest absolute Gasteiger partial charge is 0.266 e. The quantitative estimate of drug-likeness (QED) is 0.470. The Balaban J connectivity index is 1.46. The van der Waals surface area contributed by atoms with Crippen LogP contribution in [0.4, 0.5) is 24.7 Å². The number of nitrogens with zero attached hydrogens (tertiary/aromatic N) is 5. The summed E-state index contributed by atoms with van der Waals surface area (Å²) < 4.78 is 43.0. The van der Waals surface area contributed by atoms with E-state index in [0.717, 1.165) is 41.9 Å². The molecule has 3 aromatic heterocycles. The molecule has 1 atom stereocenters. The van der Waals surface area contributed by atoms with Crippen LogP contribution < -0.4 is 10.2 Å². The van der Waals surface area contributed by atoms with Crippen molar-refractivity contribution in [1.82, 2.24) is 19.5 Å². The third-order valence-electron chi connectivity index (χ3n) is 5.81. The van der Waals surface area contributed by atoms with Crippen LogP contribution >= 0.6 is 0 Å². The van der Waals surface area contributed by atoms with Crippen molar-refractivity contribution >= 4 is 22.4 Å². The molecule has 164 valence electrons. The zero-order valence-corrected chi connectivity index (χ0v) is 17.3. The molecule has 0 saturated heterocycles. The van der Waals surface area contributed by atoms with Gasteiger partial charge in [0.25, 0.3) is 6.43 Å². The van der Waals surface area contributed by atoms with E-state index >= 15 is 0 Å². The molecule has 1 aromatic carbocycles. The highest BCUT2D eigenvalue weighted by atomic mass is 19.3. The summed E-state index contributed by atoms with van der Waals surface area (Å²) in [5.41, 5.74) is 1.01. The first-order valence-corrected chi connectivity index (χ1v) is 10.3. The Morgan fingerprint density at radius 1 is 1.03 bits per heavy atom. The van der Waals surface area contributed by atoms with Crippen molar-refractivity contribution in [3.05, 3.63) is 77.9 Å². The molecule has 0 unspecified atom stereocenters. The molecule has 0 radical (unpaired) electrons. The highest BCUT2D eigenvalue weighted by molar-refractivity contribution is 5.92. The fourth-order valence-electron chi connectivity index (χ4n) is 4.09. The molecule has 32 heavy (non-hydrogen) atoms. The maximum atomic E-state index is 14.6. The maximum Gasteiger partial charge on any atom is 0.266 e. The van der Waals surface area contributed by atoms with Gasteiger partial charge in [-0.2, -0.15) is 0 Å². The number of aromatic nitrogens is 4. The van der Waals surface area contributed by atoms with E-state index in [9.17, 15) is 13.2 Å². The molecule has 6 nitrogen and oxygen atoms in total. The highest BCUT2D eigenvalue weighted by Gasteiger charge is 2.21. The normalized spacial score (nSPS) is 14.6. The maximum absolute atomic E-state index is 14.6. The van der Waals surface area contributed by atoms with Crippen LogP contribution in [-0.2, 0) is 13.1 Å². The molecule has 5 rings (SSSR count). The van der Waals surface area contributed by atoms with Crippen LogP contribution in [0.1, 0.15) is 36.3 Å². The number of imidazole rings is 1. The van der Waals surface area contributed by atoms with Gasteiger partial charge in [0.05, 0.1) is 29.9 Å². The van der Waals surface area contributed by atoms with E-state index in [0.29, 0.717) is 12.1 Å². The van der Waals surface area contributed by atoms with Gasteiger partial charge in [-0.15, -0.1) is 0 Å². The Hall–Kier alpha value is -3.62. The van der Waals surface area contributed by atoms with Gasteiger partial charge in [0.15, 0.2) is 0 Å². The number of hydrogen-bond donors (Lipinski definition) is 1. The Labute approximate surface area is 182 Å². The molecule has 0 fully saturated rings. The van der Waals surface area contributed by atoms with Crippen molar-refractivity contribution in [2.75, 3.05) is 16.8 Å². The van der Waals surface area contributed by atoms with Gasteiger partial charge < -0.3 is 14.8 Å². The molecule has 1 aliphatic heterocycles. The SMILES string of the molecule is C[C@@H](Nc1ccnc2cnc(N3CCn4ccnc4C3)cc12)c1cccc(C(F)F)c1F. The lowest BCUT2D eigenvalue weighted by Gasteiger charge is -2.29. The summed E-state index contributed by atoms with van der Waals surface area (Å²) in [6.07, 6.45) is 4.25. The number of anilines is 2. The van der Waals surface area contributed by atoms with Crippen LogP contribution in [0.15, 0.2) is 55.1 Å². The summed E-state index contributed by atoms with van der Waals surface area (Å²) in [6.45, 7) is 4.01. The lowest BCUT2D eigenvalue weighted by molar-refractivity contribution is 0.146. The summed E-state index contributed by atoms with van der Waals surface area (Å²) in [7, 11) is 0. The number of rotatable bonds is 5. The summed E-state index contributed by atoms with van der Waals surface area (Å²) in [4.78, 5) is 15.5. The van der Waals surface area contributed by atoms with E-state index in [1.807, 2.05) is 12.3 Å². The van der Waals surface area contributed by atoms with E-state index in [1.54, 1.807) is 31.6 Å². The Kier molecular flexibility index (Phi) is 5.16. The number of hydrogen-bond acceptors (Lipinski definition) is 5. The second-order valence-corrected chi connectivity index (χ2v) is 7.79. The highest BCUT2D eigenvalue weighted by Crippen LogP contribution is 2.32. The van der Waals surface area contributed by atoms with Crippen molar-refractivity contribution in [1.29, 1.82) is 0 Å². The first kappa shape index (κ1) is 20.3. The van der Waals surface area contributed by atoms with Crippen LogP contribution in [0.3, 0.4) is 0 Å². The molecular weight excluding hydrogens is 417 g/mol. The number of pyridine rings is 2. The second-order valence-electron chi connectivity index (χ2n) is 7.79. The van der Waals surface area contributed by atoms with E-state index in [2.05, 4.69) is 29.7 Å². The number of alkyl halides is 2. The molecule has 0 saturated carbocycles. The van der Waals surface area contributed by atoms with Crippen molar-refractivity contribution in [3.8, 4) is 0 Å². The minimum Gasteiger partial charge on any atom is -0.378 e. The molecule has 4 heterocycles.